The summed E-state index contributed by atoms with van der Waals surface area (Å²) < 4.78 is 0. The van der Waals surface area contributed by atoms with Gasteiger partial charge in [0.2, 0.25) is 0 Å². The highest BCUT2D eigenvalue weighted by atomic mass is 15.5. The molecule has 1 atom stereocenters. The first-order chi connectivity index (χ1) is 10.5. The second-order valence-electron chi connectivity index (χ2n) is 5.04. The van der Waals surface area contributed by atoms with Crippen molar-refractivity contribution >= 4 is 0 Å². The Morgan fingerprint density at radius 3 is 2.41 bits per heavy atom. The minimum atomic E-state index is 0.197. The Morgan fingerprint density at radius 2 is 1.95 bits per heavy atom. The van der Waals surface area contributed by atoms with Crippen molar-refractivity contribution in [2.24, 2.45) is 0 Å². The van der Waals surface area contributed by atoms with Crippen molar-refractivity contribution in [3.05, 3.63) is 47.1 Å². The van der Waals surface area contributed by atoms with Gasteiger partial charge in [0, 0.05) is 13.6 Å². The summed E-state index contributed by atoms with van der Waals surface area (Å²) in [6.45, 7) is 8.70. The van der Waals surface area contributed by atoms with Crippen molar-refractivity contribution in [2.75, 3.05) is 20.6 Å². The van der Waals surface area contributed by atoms with Crippen LogP contribution in [0.25, 0.3) is 0 Å². The summed E-state index contributed by atoms with van der Waals surface area (Å²) in [4.78, 5) is 0. The van der Waals surface area contributed by atoms with Crippen LogP contribution in [0.15, 0.2) is 47.1 Å². The molecule has 0 fully saturated rings. The first kappa shape index (κ1) is 20.3. The summed E-state index contributed by atoms with van der Waals surface area (Å²) >= 11 is 0. The normalized spacial score (nSPS) is 15.5. The third kappa shape index (κ3) is 7.37. The van der Waals surface area contributed by atoms with E-state index in [0.717, 1.165) is 12.0 Å². The molecule has 122 valence electrons. The minimum absolute atomic E-state index is 0.197. The van der Waals surface area contributed by atoms with Crippen molar-refractivity contribution in [3.8, 4) is 6.07 Å². The summed E-state index contributed by atoms with van der Waals surface area (Å²) in [5.41, 5.74) is 6.20. The van der Waals surface area contributed by atoms with Gasteiger partial charge in [0.25, 0.3) is 0 Å². The van der Waals surface area contributed by atoms with Crippen molar-refractivity contribution in [2.45, 2.75) is 40.3 Å². The summed E-state index contributed by atoms with van der Waals surface area (Å²) in [6.07, 6.45) is 11.2. The van der Waals surface area contributed by atoms with Gasteiger partial charge in [0.15, 0.2) is 0 Å². The largest absolute Gasteiger partial charge is 0.304 e. The Balaban J connectivity index is 5.24. The van der Waals surface area contributed by atoms with Gasteiger partial charge in [0.05, 0.1) is 17.8 Å². The van der Waals surface area contributed by atoms with Gasteiger partial charge in [0.1, 0.15) is 0 Å². The SMILES string of the molecule is CC=CCC(=CC)C(=CCN(C)NC(C)NC)C(C#N)=CC. The molecule has 0 radical (unpaired) electrons. The Labute approximate surface area is 135 Å². The van der Waals surface area contributed by atoms with Crippen molar-refractivity contribution in [3.63, 3.8) is 0 Å². The average molecular weight is 302 g/mol. The fourth-order valence-electron chi connectivity index (χ4n) is 2.00. The molecule has 0 aliphatic heterocycles. The minimum Gasteiger partial charge on any atom is -0.304 e. The molecule has 0 heterocycles. The van der Waals surface area contributed by atoms with E-state index in [9.17, 15) is 5.26 Å². The smallest absolute Gasteiger partial charge is 0.0994 e. The lowest BCUT2D eigenvalue weighted by Crippen LogP contribution is -2.47. The molecule has 22 heavy (non-hydrogen) atoms. The molecule has 0 aliphatic carbocycles. The number of allylic oxidation sites excluding steroid dienone is 7. The maximum atomic E-state index is 9.37. The van der Waals surface area contributed by atoms with E-state index in [1.54, 1.807) is 0 Å². The van der Waals surface area contributed by atoms with Crippen molar-refractivity contribution < 1.29 is 0 Å². The Kier molecular flexibility index (Phi) is 11.0. The predicted octanol–water partition coefficient (Wildman–Crippen LogP) is 3.30. The number of rotatable bonds is 9. The van der Waals surface area contributed by atoms with Gasteiger partial charge in [-0.05, 0) is 52.3 Å². The third-order valence-corrected chi connectivity index (χ3v) is 3.38. The number of hydrogen-bond acceptors (Lipinski definition) is 4. The predicted molar refractivity (Wildman–Crippen MR) is 94.9 cm³/mol. The van der Waals surface area contributed by atoms with E-state index < -0.39 is 0 Å². The molecule has 1 unspecified atom stereocenters. The van der Waals surface area contributed by atoms with E-state index >= 15 is 0 Å². The van der Waals surface area contributed by atoms with Crippen LogP contribution in [0.1, 0.15) is 34.1 Å². The molecule has 0 aromatic carbocycles. The van der Waals surface area contributed by atoms with Crippen LogP contribution in [-0.4, -0.2) is 31.8 Å². The van der Waals surface area contributed by atoms with Gasteiger partial charge in [-0.1, -0.05) is 30.4 Å². The van der Waals surface area contributed by atoms with Crippen LogP contribution in [0.2, 0.25) is 0 Å². The summed E-state index contributed by atoms with van der Waals surface area (Å²) in [7, 11) is 3.90. The van der Waals surface area contributed by atoms with Crippen LogP contribution in [0, 0.1) is 11.3 Å². The molecule has 0 amide bonds. The van der Waals surface area contributed by atoms with E-state index in [2.05, 4.69) is 42.0 Å². The maximum Gasteiger partial charge on any atom is 0.0994 e. The van der Waals surface area contributed by atoms with Gasteiger partial charge in [-0.15, -0.1) is 0 Å². The van der Waals surface area contributed by atoms with E-state index in [-0.39, 0.29) is 6.17 Å². The zero-order chi connectivity index (χ0) is 17.0. The molecule has 0 aromatic rings. The van der Waals surface area contributed by atoms with Crippen LogP contribution in [0.5, 0.6) is 0 Å². The molecule has 0 saturated carbocycles. The number of nitrogens with one attached hydrogen (secondary N) is 2. The van der Waals surface area contributed by atoms with Gasteiger partial charge < -0.3 is 5.32 Å². The van der Waals surface area contributed by atoms with Crippen LogP contribution in [0.4, 0.5) is 0 Å². The Morgan fingerprint density at radius 1 is 1.27 bits per heavy atom. The lowest BCUT2D eigenvalue weighted by molar-refractivity contribution is 0.211. The number of nitriles is 1. The second-order valence-corrected chi connectivity index (χ2v) is 5.04. The molecule has 0 saturated heterocycles. The van der Waals surface area contributed by atoms with Gasteiger partial charge in [-0.25, -0.2) is 10.4 Å². The zero-order valence-electron chi connectivity index (χ0n) is 14.8. The van der Waals surface area contributed by atoms with Gasteiger partial charge in [-0.2, -0.15) is 5.26 Å². The fourth-order valence-corrected chi connectivity index (χ4v) is 2.00. The topological polar surface area (TPSA) is 51.1 Å². The molecule has 0 aromatic heterocycles. The van der Waals surface area contributed by atoms with Crippen LogP contribution in [-0.2, 0) is 0 Å². The van der Waals surface area contributed by atoms with E-state index in [1.807, 2.05) is 52.0 Å². The molecule has 2 N–H and O–H groups in total. The van der Waals surface area contributed by atoms with E-state index in [1.165, 1.54) is 5.57 Å². The van der Waals surface area contributed by atoms with E-state index in [4.69, 9.17) is 0 Å². The first-order valence-electron chi connectivity index (χ1n) is 7.72. The lowest BCUT2D eigenvalue weighted by atomic mass is 9.95. The third-order valence-electron chi connectivity index (χ3n) is 3.38. The fraction of sp³-hybridized carbons (Fsp3) is 0.500. The number of hydrogen-bond donors (Lipinski definition) is 2. The average Bonchev–Trinajstić information content (AvgIpc) is 2.53. The summed E-state index contributed by atoms with van der Waals surface area (Å²) in [5, 5.41) is 14.5. The lowest BCUT2D eigenvalue weighted by Gasteiger charge is -2.22. The highest BCUT2D eigenvalue weighted by molar-refractivity contribution is 5.53. The summed E-state index contributed by atoms with van der Waals surface area (Å²) in [6, 6.07) is 2.30. The van der Waals surface area contributed by atoms with Crippen LogP contribution >= 0.6 is 0 Å². The van der Waals surface area contributed by atoms with E-state index in [0.29, 0.717) is 12.1 Å². The number of nitrogens with zero attached hydrogens (tertiary/aromatic N) is 2. The number of likely N-dealkylation sites (N-methyl/N-ethyl adjacent to an activating group) is 1. The van der Waals surface area contributed by atoms with Crippen LogP contribution < -0.4 is 10.7 Å². The highest BCUT2D eigenvalue weighted by Crippen LogP contribution is 2.22. The molecule has 4 nitrogen and oxygen atoms in total. The van der Waals surface area contributed by atoms with Gasteiger partial charge >= 0.3 is 0 Å². The Bertz CT molecular complexity index is 478. The molecule has 0 aliphatic rings. The summed E-state index contributed by atoms with van der Waals surface area (Å²) in [5.74, 6) is 0. The zero-order valence-corrected chi connectivity index (χ0v) is 14.8. The molecule has 0 spiro atoms. The first-order valence-corrected chi connectivity index (χ1v) is 7.72. The number of hydrazine groups is 1. The maximum absolute atomic E-state index is 9.37. The monoisotopic (exact) mass is 302 g/mol. The second kappa shape index (κ2) is 11.9. The molecule has 0 rings (SSSR count). The molecular weight excluding hydrogens is 272 g/mol. The van der Waals surface area contributed by atoms with Crippen molar-refractivity contribution in [1.29, 1.82) is 5.26 Å². The Hall–Kier alpha value is -1.67. The quantitative estimate of drug-likeness (QED) is 0.226. The molecule has 0 bridgehead atoms. The highest BCUT2D eigenvalue weighted by Gasteiger charge is 2.09. The van der Waals surface area contributed by atoms with Gasteiger partial charge in [-0.3, -0.25) is 0 Å². The van der Waals surface area contributed by atoms with Crippen molar-refractivity contribution in [1.82, 2.24) is 15.8 Å². The molecular formula is C18H30N4. The van der Waals surface area contributed by atoms with Crippen LogP contribution in [0.3, 0.4) is 0 Å². The standard InChI is InChI=1S/C18H30N4/c1-7-10-11-16(8-2)18(17(9-3)14-19)12-13-22(6)21-15(4)20-5/h7-10,12,15,20-21H,11,13H2,1-6H3. The molecule has 4 heteroatoms.